The summed E-state index contributed by atoms with van der Waals surface area (Å²) < 4.78 is 5.13. The molecular weight excluding hydrogens is 254 g/mol. The lowest BCUT2D eigenvalue weighted by Gasteiger charge is -2.44. The summed E-state index contributed by atoms with van der Waals surface area (Å²) in [6, 6.07) is -0.190. The molecule has 1 fully saturated rings. The van der Waals surface area contributed by atoms with Gasteiger partial charge in [-0.2, -0.15) is 4.99 Å². The van der Waals surface area contributed by atoms with E-state index < -0.39 is 0 Å². The number of hydrogen-bond donors (Lipinski definition) is 1. The molecule has 0 aromatic heterocycles. The summed E-state index contributed by atoms with van der Waals surface area (Å²) in [6.07, 6.45) is 5.44. The molecular formula is C15H27N3O2. The van der Waals surface area contributed by atoms with Crippen LogP contribution in [-0.4, -0.2) is 42.6 Å². The highest BCUT2D eigenvalue weighted by molar-refractivity contribution is 6.05. The van der Waals surface area contributed by atoms with Crippen molar-refractivity contribution < 1.29 is 9.53 Å². The smallest absolute Gasteiger partial charge is 0.346 e. The third kappa shape index (κ3) is 2.82. The standard InChI is InChI=1S/C15H27N3O2/c1-11(2)9-12-5-4-6-15(10-12)13(16)17-14(19)18(15)7-8-20-3/h11-12H,4-10H2,1-3H3,(H2,16,17,19). The van der Waals surface area contributed by atoms with Crippen LogP contribution in [0.3, 0.4) is 0 Å². The molecule has 2 amide bonds. The topological polar surface area (TPSA) is 67.9 Å². The van der Waals surface area contributed by atoms with Gasteiger partial charge in [-0.15, -0.1) is 0 Å². The zero-order chi connectivity index (χ0) is 14.8. The first-order chi connectivity index (χ1) is 9.49. The molecule has 2 aliphatic rings. The van der Waals surface area contributed by atoms with E-state index in [1.807, 2.05) is 4.90 Å². The summed E-state index contributed by atoms with van der Waals surface area (Å²) in [5.74, 6) is 1.83. The summed E-state index contributed by atoms with van der Waals surface area (Å²) in [5, 5.41) is 0. The van der Waals surface area contributed by atoms with E-state index >= 15 is 0 Å². The number of amidine groups is 1. The normalized spacial score (nSPS) is 30.4. The number of aliphatic imine (C=N–C) groups is 1. The molecule has 0 bridgehead atoms. The number of rotatable bonds is 5. The van der Waals surface area contributed by atoms with Gasteiger partial charge in [-0.05, 0) is 31.1 Å². The van der Waals surface area contributed by atoms with E-state index in [2.05, 4.69) is 18.8 Å². The average molecular weight is 281 g/mol. The maximum atomic E-state index is 12.1. The van der Waals surface area contributed by atoms with Gasteiger partial charge in [0.05, 0.1) is 6.61 Å². The number of hydrogen-bond acceptors (Lipinski definition) is 3. The van der Waals surface area contributed by atoms with E-state index in [0.717, 1.165) is 19.3 Å². The summed E-state index contributed by atoms with van der Waals surface area (Å²) in [6.45, 7) is 5.61. The fourth-order valence-corrected chi connectivity index (χ4v) is 3.79. The average Bonchev–Trinajstić information content (AvgIpc) is 2.58. The first kappa shape index (κ1) is 15.3. The van der Waals surface area contributed by atoms with Crippen molar-refractivity contribution >= 4 is 11.9 Å². The van der Waals surface area contributed by atoms with Gasteiger partial charge in [0.25, 0.3) is 0 Å². The third-order valence-corrected chi connectivity index (χ3v) is 4.59. The van der Waals surface area contributed by atoms with E-state index in [1.54, 1.807) is 7.11 Å². The molecule has 2 N–H and O–H groups in total. The SMILES string of the molecule is COCCN1C(=O)N=C(N)C12CCCC(CC(C)C)C2. The minimum absolute atomic E-state index is 0.190. The second-order valence-electron chi connectivity index (χ2n) is 6.55. The van der Waals surface area contributed by atoms with Crippen LogP contribution >= 0.6 is 0 Å². The van der Waals surface area contributed by atoms with E-state index in [-0.39, 0.29) is 11.6 Å². The third-order valence-electron chi connectivity index (χ3n) is 4.59. The molecule has 2 unspecified atom stereocenters. The first-order valence-corrected chi connectivity index (χ1v) is 7.65. The molecule has 0 saturated heterocycles. The number of nitrogens with two attached hydrogens (primary N) is 1. The number of ether oxygens (including phenoxy) is 1. The molecule has 5 nitrogen and oxygen atoms in total. The van der Waals surface area contributed by atoms with Crippen LogP contribution in [0.1, 0.15) is 46.0 Å². The Bertz CT molecular complexity index is 395. The highest BCUT2D eigenvalue weighted by Crippen LogP contribution is 2.42. The zero-order valence-electron chi connectivity index (χ0n) is 12.9. The first-order valence-electron chi connectivity index (χ1n) is 7.65. The van der Waals surface area contributed by atoms with Crippen LogP contribution in [0.2, 0.25) is 0 Å². The molecule has 2 atom stereocenters. The highest BCUT2D eigenvalue weighted by Gasteiger charge is 2.50. The molecule has 20 heavy (non-hydrogen) atoms. The fraction of sp³-hybridized carbons (Fsp3) is 0.867. The molecule has 1 spiro atoms. The monoisotopic (exact) mass is 281 g/mol. The van der Waals surface area contributed by atoms with Crippen molar-refractivity contribution in [2.45, 2.75) is 51.5 Å². The number of carbonyl (C=O) groups is 1. The number of methoxy groups -OCH3 is 1. The quantitative estimate of drug-likeness (QED) is 0.841. The molecule has 0 aromatic rings. The van der Waals surface area contributed by atoms with Crippen molar-refractivity contribution in [2.75, 3.05) is 20.3 Å². The lowest BCUT2D eigenvalue weighted by Crippen LogP contribution is -2.57. The molecule has 1 aliphatic carbocycles. The van der Waals surface area contributed by atoms with Gasteiger partial charge in [0, 0.05) is 13.7 Å². The summed E-state index contributed by atoms with van der Waals surface area (Å²) in [4.78, 5) is 18.0. The van der Waals surface area contributed by atoms with E-state index in [1.165, 1.54) is 12.8 Å². The Balaban J connectivity index is 2.16. The van der Waals surface area contributed by atoms with Gasteiger partial charge in [-0.25, -0.2) is 4.79 Å². The van der Waals surface area contributed by atoms with Crippen LogP contribution in [-0.2, 0) is 4.74 Å². The van der Waals surface area contributed by atoms with E-state index in [9.17, 15) is 4.79 Å². The van der Waals surface area contributed by atoms with Gasteiger partial charge in [0.2, 0.25) is 0 Å². The van der Waals surface area contributed by atoms with Gasteiger partial charge >= 0.3 is 6.03 Å². The number of nitrogens with zero attached hydrogens (tertiary/aromatic N) is 2. The minimum atomic E-state index is -0.340. The second-order valence-corrected chi connectivity index (χ2v) is 6.55. The summed E-state index contributed by atoms with van der Waals surface area (Å²) >= 11 is 0. The van der Waals surface area contributed by atoms with Crippen LogP contribution in [0.5, 0.6) is 0 Å². The van der Waals surface area contributed by atoms with Gasteiger partial charge in [0.15, 0.2) is 0 Å². The number of amides is 2. The van der Waals surface area contributed by atoms with Crippen molar-refractivity contribution in [1.29, 1.82) is 0 Å². The maximum absolute atomic E-state index is 12.1. The van der Waals surface area contributed by atoms with Gasteiger partial charge in [-0.3, -0.25) is 0 Å². The Kier molecular flexibility index (Phi) is 4.68. The van der Waals surface area contributed by atoms with Crippen LogP contribution in [0.4, 0.5) is 4.79 Å². The lowest BCUT2D eigenvalue weighted by molar-refractivity contribution is 0.0860. The van der Waals surface area contributed by atoms with Crippen molar-refractivity contribution in [3.63, 3.8) is 0 Å². The number of carbonyl (C=O) groups excluding carboxylic acids is 1. The maximum Gasteiger partial charge on any atom is 0.346 e. The summed E-state index contributed by atoms with van der Waals surface area (Å²) in [5.41, 5.74) is 5.80. The highest BCUT2D eigenvalue weighted by atomic mass is 16.5. The molecule has 1 aliphatic heterocycles. The Labute approximate surface area is 121 Å². The molecule has 1 saturated carbocycles. The van der Waals surface area contributed by atoms with Crippen molar-refractivity contribution in [1.82, 2.24) is 4.90 Å². The molecule has 0 aromatic carbocycles. The summed E-state index contributed by atoms with van der Waals surface area (Å²) in [7, 11) is 1.65. The minimum Gasteiger partial charge on any atom is -0.385 e. The lowest BCUT2D eigenvalue weighted by atomic mass is 9.72. The predicted molar refractivity (Wildman–Crippen MR) is 79.7 cm³/mol. The Morgan fingerprint density at radius 1 is 1.55 bits per heavy atom. The Morgan fingerprint density at radius 3 is 2.95 bits per heavy atom. The fourth-order valence-electron chi connectivity index (χ4n) is 3.79. The largest absolute Gasteiger partial charge is 0.385 e. The van der Waals surface area contributed by atoms with Crippen LogP contribution in [0.25, 0.3) is 0 Å². The van der Waals surface area contributed by atoms with Crippen LogP contribution in [0.15, 0.2) is 4.99 Å². The molecule has 114 valence electrons. The Hall–Kier alpha value is -1.10. The zero-order valence-corrected chi connectivity index (χ0v) is 12.9. The van der Waals surface area contributed by atoms with Crippen molar-refractivity contribution in [3.8, 4) is 0 Å². The Morgan fingerprint density at radius 2 is 2.30 bits per heavy atom. The van der Waals surface area contributed by atoms with E-state index in [4.69, 9.17) is 10.5 Å². The van der Waals surface area contributed by atoms with Crippen LogP contribution in [0, 0.1) is 11.8 Å². The van der Waals surface area contributed by atoms with Gasteiger partial charge in [0.1, 0.15) is 11.4 Å². The second kappa shape index (κ2) is 6.12. The van der Waals surface area contributed by atoms with Crippen LogP contribution < -0.4 is 5.73 Å². The number of urea groups is 1. The molecule has 2 rings (SSSR count). The molecule has 5 heteroatoms. The molecule has 1 heterocycles. The van der Waals surface area contributed by atoms with Gasteiger partial charge in [-0.1, -0.05) is 26.7 Å². The van der Waals surface area contributed by atoms with Gasteiger partial charge < -0.3 is 15.4 Å². The molecule has 0 radical (unpaired) electrons. The van der Waals surface area contributed by atoms with E-state index in [0.29, 0.717) is 30.8 Å². The van der Waals surface area contributed by atoms with Crippen molar-refractivity contribution in [3.05, 3.63) is 0 Å². The van der Waals surface area contributed by atoms with Crippen molar-refractivity contribution in [2.24, 2.45) is 22.6 Å². The predicted octanol–water partition coefficient (Wildman–Crippen LogP) is 2.40.